The molecule has 88 valence electrons. The van der Waals surface area contributed by atoms with Crippen molar-refractivity contribution in [3.8, 4) is 0 Å². The summed E-state index contributed by atoms with van der Waals surface area (Å²) >= 11 is 12.2. The molecule has 2 unspecified atom stereocenters. The Morgan fingerprint density at radius 3 is 2.50 bits per heavy atom. The summed E-state index contributed by atoms with van der Waals surface area (Å²) in [5, 5.41) is 5.05. The lowest BCUT2D eigenvalue weighted by Gasteiger charge is -2.14. The third-order valence-electron chi connectivity index (χ3n) is 3.32. The molecular formula is C13H17Cl2N. The molecule has 1 fully saturated rings. The second-order valence-corrected chi connectivity index (χ2v) is 5.51. The molecule has 1 aromatic rings. The van der Waals surface area contributed by atoms with Gasteiger partial charge in [-0.3, -0.25) is 0 Å². The fourth-order valence-electron chi connectivity index (χ4n) is 2.34. The lowest BCUT2D eigenvalue weighted by atomic mass is 10.1. The summed E-state index contributed by atoms with van der Waals surface area (Å²) < 4.78 is 0. The maximum atomic E-state index is 6.12. The van der Waals surface area contributed by atoms with Gasteiger partial charge in [0, 0.05) is 28.2 Å². The molecule has 0 spiro atoms. The van der Waals surface area contributed by atoms with Gasteiger partial charge < -0.3 is 5.32 Å². The Balaban J connectivity index is 1.94. The van der Waals surface area contributed by atoms with Crippen LogP contribution >= 0.6 is 23.2 Å². The van der Waals surface area contributed by atoms with Crippen LogP contribution in [0.2, 0.25) is 10.0 Å². The minimum absolute atomic E-state index is 0.627. The maximum Gasteiger partial charge on any atom is 0.0465 e. The van der Waals surface area contributed by atoms with Crippen molar-refractivity contribution in [3.63, 3.8) is 0 Å². The standard InChI is InChI=1S/C13H17Cl2N/c1-9-5-6-10(7-9)16-8-11-12(14)3-2-4-13(11)15/h2-4,9-10,16H,5-8H2,1H3. The van der Waals surface area contributed by atoms with Gasteiger partial charge in [0.1, 0.15) is 0 Å². The highest BCUT2D eigenvalue weighted by Crippen LogP contribution is 2.27. The van der Waals surface area contributed by atoms with Gasteiger partial charge in [-0.25, -0.2) is 0 Å². The Bertz CT molecular complexity index is 345. The molecule has 3 heteroatoms. The molecular weight excluding hydrogens is 241 g/mol. The van der Waals surface area contributed by atoms with Crippen molar-refractivity contribution >= 4 is 23.2 Å². The average Bonchev–Trinajstić information content (AvgIpc) is 2.63. The van der Waals surface area contributed by atoms with Crippen LogP contribution in [0.15, 0.2) is 18.2 Å². The third-order valence-corrected chi connectivity index (χ3v) is 4.03. The normalized spacial score (nSPS) is 24.9. The van der Waals surface area contributed by atoms with Crippen LogP contribution in [0, 0.1) is 5.92 Å². The highest BCUT2D eigenvalue weighted by atomic mass is 35.5. The zero-order chi connectivity index (χ0) is 11.5. The van der Waals surface area contributed by atoms with E-state index in [1.807, 2.05) is 18.2 Å². The van der Waals surface area contributed by atoms with Crippen LogP contribution in [0.4, 0.5) is 0 Å². The Morgan fingerprint density at radius 2 is 1.94 bits per heavy atom. The summed E-state index contributed by atoms with van der Waals surface area (Å²) in [7, 11) is 0. The molecule has 0 aliphatic heterocycles. The first-order chi connectivity index (χ1) is 7.66. The smallest absolute Gasteiger partial charge is 0.0465 e. The Morgan fingerprint density at radius 1 is 1.25 bits per heavy atom. The van der Waals surface area contributed by atoms with E-state index in [0.29, 0.717) is 6.04 Å². The van der Waals surface area contributed by atoms with Crippen molar-refractivity contribution in [2.45, 2.75) is 38.8 Å². The molecule has 1 aromatic carbocycles. The third kappa shape index (κ3) is 2.91. The van der Waals surface area contributed by atoms with Crippen molar-refractivity contribution in [2.24, 2.45) is 5.92 Å². The van der Waals surface area contributed by atoms with E-state index in [-0.39, 0.29) is 0 Å². The van der Waals surface area contributed by atoms with Gasteiger partial charge in [-0.2, -0.15) is 0 Å². The summed E-state index contributed by atoms with van der Waals surface area (Å²) in [4.78, 5) is 0. The van der Waals surface area contributed by atoms with E-state index in [0.717, 1.165) is 28.1 Å². The quantitative estimate of drug-likeness (QED) is 0.853. The predicted molar refractivity (Wildman–Crippen MR) is 70.1 cm³/mol. The monoisotopic (exact) mass is 257 g/mol. The second kappa shape index (κ2) is 5.39. The molecule has 1 aliphatic rings. The number of hydrogen-bond acceptors (Lipinski definition) is 1. The van der Waals surface area contributed by atoms with E-state index < -0.39 is 0 Å². The van der Waals surface area contributed by atoms with Gasteiger partial charge in [-0.15, -0.1) is 0 Å². The number of halogens is 2. The lowest BCUT2D eigenvalue weighted by Crippen LogP contribution is -2.26. The Kier molecular flexibility index (Phi) is 4.12. The molecule has 0 amide bonds. The fraction of sp³-hybridized carbons (Fsp3) is 0.538. The van der Waals surface area contributed by atoms with E-state index >= 15 is 0 Å². The zero-order valence-corrected chi connectivity index (χ0v) is 11.0. The first kappa shape index (κ1) is 12.2. The highest BCUT2D eigenvalue weighted by Gasteiger charge is 2.20. The van der Waals surface area contributed by atoms with Crippen molar-refractivity contribution < 1.29 is 0 Å². The molecule has 0 aromatic heterocycles. The van der Waals surface area contributed by atoms with E-state index in [2.05, 4.69) is 12.2 Å². The molecule has 1 saturated carbocycles. The van der Waals surface area contributed by atoms with Crippen LogP contribution in [0.3, 0.4) is 0 Å². The van der Waals surface area contributed by atoms with Gasteiger partial charge >= 0.3 is 0 Å². The number of rotatable bonds is 3. The van der Waals surface area contributed by atoms with Crippen molar-refractivity contribution in [2.75, 3.05) is 0 Å². The zero-order valence-electron chi connectivity index (χ0n) is 9.47. The number of benzene rings is 1. The summed E-state index contributed by atoms with van der Waals surface area (Å²) in [6.07, 6.45) is 3.86. The van der Waals surface area contributed by atoms with Gasteiger partial charge in [0.2, 0.25) is 0 Å². The molecule has 16 heavy (non-hydrogen) atoms. The number of hydrogen-bond donors (Lipinski definition) is 1. The van der Waals surface area contributed by atoms with E-state index in [9.17, 15) is 0 Å². The minimum atomic E-state index is 0.627. The van der Waals surface area contributed by atoms with Gasteiger partial charge in [0.15, 0.2) is 0 Å². The summed E-state index contributed by atoms with van der Waals surface area (Å²) in [5.41, 5.74) is 1.02. The summed E-state index contributed by atoms with van der Waals surface area (Å²) in [6.45, 7) is 3.08. The van der Waals surface area contributed by atoms with Gasteiger partial charge in [0.05, 0.1) is 0 Å². The molecule has 0 bridgehead atoms. The minimum Gasteiger partial charge on any atom is -0.310 e. The summed E-state index contributed by atoms with van der Waals surface area (Å²) in [6, 6.07) is 6.29. The highest BCUT2D eigenvalue weighted by molar-refractivity contribution is 6.35. The first-order valence-corrected chi connectivity index (χ1v) is 6.58. The van der Waals surface area contributed by atoms with Crippen LogP contribution in [0.25, 0.3) is 0 Å². The fourth-order valence-corrected chi connectivity index (χ4v) is 2.87. The van der Waals surface area contributed by atoms with E-state index in [1.54, 1.807) is 0 Å². The van der Waals surface area contributed by atoms with Crippen LogP contribution < -0.4 is 5.32 Å². The SMILES string of the molecule is CC1CCC(NCc2c(Cl)cccc2Cl)C1. The van der Waals surface area contributed by atoms with Crippen molar-refractivity contribution in [3.05, 3.63) is 33.8 Å². The molecule has 1 nitrogen and oxygen atoms in total. The van der Waals surface area contributed by atoms with Crippen molar-refractivity contribution in [1.29, 1.82) is 0 Å². The first-order valence-electron chi connectivity index (χ1n) is 5.83. The lowest BCUT2D eigenvalue weighted by molar-refractivity contribution is 0.502. The predicted octanol–water partition coefficient (Wildman–Crippen LogP) is 4.27. The van der Waals surface area contributed by atoms with Crippen LogP contribution in [0.1, 0.15) is 31.7 Å². The van der Waals surface area contributed by atoms with Crippen LogP contribution in [-0.2, 0) is 6.54 Å². The molecule has 1 aliphatic carbocycles. The largest absolute Gasteiger partial charge is 0.310 e. The maximum absolute atomic E-state index is 6.12. The Labute approximate surface area is 107 Å². The molecule has 2 rings (SSSR count). The van der Waals surface area contributed by atoms with Crippen molar-refractivity contribution in [1.82, 2.24) is 5.32 Å². The van der Waals surface area contributed by atoms with Gasteiger partial charge in [-0.1, -0.05) is 36.2 Å². The van der Waals surface area contributed by atoms with E-state index in [4.69, 9.17) is 23.2 Å². The van der Waals surface area contributed by atoms with E-state index in [1.165, 1.54) is 19.3 Å². The Hall–Kier alpha value is -0.240. The van der Waals surface area contributed by atoms with Gasteiger partial charge in [0.25, 0.3) is 0 Å². The second-order valence-electron chi connectivity index (χ2n) is 4.70. The molecule has 0 radical (unpaired) electrons. The summed E-state index contributed by atoms with van der Waals surface area (Å²) in [5.74, 6) is 0.846. The topological polar surface area (TPSA) is 12.0 Å². The number of nitrogens with one attached hydrogen (secondary N) is 1. The molecule has 0 saturated heterocycles. The average molecular weight is 258 g/mol. The van der Waals surface area contributed by atoms with Gasteiger partial charge in [-0.05, 0) is 37.3 Å². The molecule has 1 N–H and O–H groups in total. The molecule has 2 atom stereocenters. The molecule has 0 heterocycles. The van der Waals surface area contributed by atoms with Crippen LogP contribution in [-0.4, -0.2) is 6.04 Å². The van der Waals surface area contributed by atoms with Crippen LogP contribution in [0.5, 0.6) is 0 Å².